The third kappa shape index (κ3) is 3.09. The Labute approximate surface area is 153 Å². The van der Waals surface area contributed by atoms with Crippen LogP contribution < -0.4 is 4.87 Å². The molecule has 0 atom stereocenters. The van der Waals surface area contributed by atoms with Crippen molar-refractivity contribution in [2.75, 3.05) is 26.3 Å². The molecule has 3 heterocycles. The Bertz CT molecular complexity index is 967. The van der Waals surface area contributed by atoms with Gasteiger partial charge in [0, 0.05) is 30.4 Å². The molecule has 1 amide bonds. The Balaban J connectivity index is 1.60. The zero-order chi connectivity index (χ0) is 18.1. The molecule has 4 rings (SSSR count). The molecule has 0 unspecified atom stereocenters. The molecule has 1 aromatic heterocycles. The van der Waals surface area contributed by atoms with Gasteiger partial charge in [0.2, 0.25) is 11.8 Å². The minimum Gasteiger partial charge on any atom is -0.493 e. The Hall–Kier alpha value is -2.71. The first-order valence-corrected chi connectivity index (χ1v) is 9.08. The fraction of sp³-hybridized carbons (Fsp3) is 0.278. The second-order valence-electron chi connectivity index (χ2n) is 6.01. The van der Waals surface area contributed by atoms with Crippen molar-refractivity contribution < 1.29 is 14.6 Å². The Morgan fingerprint density at radius 3 is 2.88 bits per heavy atom. The molecule has 1 N–H and O–H groups in total. The molecule has 2 aliphatic rings. The van der Waals surface area contributed by atoms with Crippen LogP contribution in [-0.2, 0) is 16.1 Å². The number of aromatic hydroxyl groups is 1. The smallest absolute Gasteiger partial charge is 0.311 e. The highest BCUT2D eigenvalue weighted by Gasteiger charge is 2.21. The molecule has 134 valence electrons. The van der Waals surface area contributed by atoms with Crippen molar-refractivity contribution in [3.8, 4) is 5.88 Å². The Morgan fingerprint density at radius 2 is 2.08 bits per heavy atom. The van der Waals surface area contributed by atoms with Gasteiger partial charge in [-0.2, -0.15) is 0 Å². The summed E-state index contributed by atoms with van der Waals surface area (Å²) in [7, 11) is 0. The van der Waals surface area contributed by atoms with Crippen molar-refractivity contribution in [1.29, 1.82) is 0 Å². The number of hydrogen-bond donors (Lipinski definition) is 1. The highest BCUT2D eigenvalue weighted by atomic mass is 32.1. The van der Waals surface area contributed by atoms with E-state index >= 15 is 0 Å². The normalized spacial score (nSPS) is 17.7. The van der Waals surface area contributed by atoms with Gasteiger partial charge in [0.25, 0.3) is 0 Å². The number of amides is 1. The van der Waals surface area contributed by atoms with Crippen molar-refractivity contribution in [3.63, 3.8) is 0 Å². The number of morpholine rings is 1. The van der Waals surface area contributed by atoms with Gasteiger partial charge in [0.15, 0.2) is 0 Å². The maximum absolute atomic E-state index is 12.4. The zero-order valence-corrected chi connectivity index (χ0v) is 14.7. The molecule has 0 radical (unpaired) electrons. The van der Waals surface area contributed by atoms with E-state index in [0.717, 1.165) is 32.7 Å². The number of carbonyl (C=O) groups excluding carboxylic acids is 1. The van der Waals surface area contributed by atoms with Crippen LogP contribution >= 0.6 is 11.3 Å². The van der Waals surface area contributed by atoms with E-state index < -0.39 is 0 Å². The summed E-state index contributed by atoms with van der Waals surface area (Å²) in [5.41, 5.74) is 2.63. The minimum absolute atomic E-state index is 0.172. The number of carbonyl (C=O) groups is 1. The highest BCUT2D eigenvalue weighted by Crippen LogP contribution is 2.34. The number of hydrogen-bond acceptors (Lipinski definition) is 6. The maximum Gasteiger partial charge on any atom is 0.311 e. The second-order valence-corrected chi connectivity index (χ2v) is 7.00. The van der Waals surface area contributed by atoms with Crippen molar-refractivity contribution in [3.05, 3.63) is 44.4 Å². The molecule has 7 nitrogen and oxygen atoms in total. The lowest BCUT2D eigenvalue weighted by atomic mass is 10.1. The predicted octanol–water partition coefficient (Wildman–Crippen LogP) is 1.73. The van der Waals surface area contributed by atoms with Crippen LogP contribution in [0.15, 0.2) is 34.1 Å². The van der Waals surface area contributed by atoms with Gasteiger partial charge in [-0.25, -0.2) is 0 Å². The van der Waals surface area contributed by atoms with E-state index in [2.05, 4.69) is 4.99 Å². The van der Waals surface area contributed by atoms with Gasteiger partial charge in [-0.1, -0.05) is 29.5 Å². The molecule has 0 saturated carbocycles. The van der Waals surface area contributed by atoms with Crippen molar-refractivity contribution in [2.45, 2.75) is 6.54 Å². The van der Waals surface area contributed by atoms with Gasteiger partial charge in [0.05, 0.1) is 23.8 Å². The monoisotopic (exact) mass is 371 g/mol. The number of nitrogens with zero attached hydrogens (tertiary/aromatic N) is 3. The summed E-state index contributed by atoms with van der Waals surface area (Å²) in [6, 6.07) is 7.66. The summed E-state index contributed by atoms with van der Waals surface area (Å²) in [5, 5.41) is 10.5. The first-order valence-electron chi connectivity index (χ1n) is 8.27. The fourth-order valence-electron chi connectivity index (χ4n) is 2.99. The fourth-order valence-corrected chi connectivity index (χ4v) is 3.83. The van der Waals surface area contributed by atoms with Crippen molar-refractivity contribution >= 4 is 40.8 Å². The first-order chi connectivity index (χ1) is 12.6. The summed E-state index contributed by atoms with van der Waals surface area (Å²) in [5.74, 6) is -0.387. The number of para-hydroxylation sites is 1. The topological polar surface area (TPSA) is 84.1 Å². The lowest BCUT2D eigenvalue weighted by Crippen LogP contribution is -2.43. The number of allylic oxidation sites excluding steroid dienone is 1. The summed E-state index contributed by atoms with van der Waals surface area (Å²) in [6.45, 7) is 1.82. The Morgan fingerprint density at radius 1 is 1.31 bits per heavy atom. The molecule has 2 aromatic rings. The van der Waals surface area contributed by atoms with Crippen LogP contribution in [0.1, 0.15) is 10.4 Å². The second kappa shape index (κ2) is 6.89. The molecule has 1 aromatic carbocycles. The predicted molar refractivity (Wildman–Crippen MR) is 100 cm³/mol. The molecule has 0 aliphatic carbocycles. The molecular formula is C18H17N3O4S. The van der Waals surface area contributed by atoms with E-state index in [1.807, 2.05) is 24.3 Å². The van der Waals surface area contributed by atoms with E-state index in [-0.39, 0.29) is 23.2 Å². The van der Waals surface area contributed by atoms with Crippen LogP contribution in [0.2, 0.25) is 0 Å². The molecule has 1 saturated heterocycles. The minimum atomic E-state index is -0.362. The average molecular weight is 371 g/mol. The molecular weight excluding hydrogens is 354 g/mol. The van der Waals surface area contributed by atoms with Crippen LogP contribution in [0.25, 0.3) is 11.6 Å². The molecule has 0 bridgehead atoms. The largest absolute Gasteiger partial charge is 0.493 e. The van der Waals surface area contributed by atoms with Crippen LogP contribution in [0.5, 0.6) is 5.88 Å². The summed E-state index contributed by atoms with van der Waals surface area (Å²) >= 11 is 0.915. The van der Waals surface area contributed by atoms with Crippen LogP contribution in [0, 0.1) is 0 Å². The molecule has 2 aliphatic heterocycles. The molecule has 0 spiro atoms. The van der Waals surface area contributed by atoms with Gasteiger partial charge >= 0.3 is 4.87 Å². The van der Waals surface area contributed by atoms with E-state index in [9.17, 15) is 14.7 Å². The van der Waals surface area contributed by atoms with E-state index in [0.29, 0.717) is 31.2 Å². The van der Waals surface area contributed by atoms with Crippen LogP contribution in [0.4, 0.5) is 5.69 Å². The third-order valence-electron chi connectivity index (χ3n) is 4.40. The standard InChI is InChI=1S/C18H17N3O4S/c22-16(20-5-7-25-8-6-20)11-21-17(23)15(26-18(21)24)9-12-10-19-14-4-2-1-3-13(12)14/h1-4,9-10,23H,5-8,11H2/b12-9-. The van der Waals surface area contributed by atoms with Gasteiger partial charge in [-0.05, 0) is 12.1 Å². The van der Waals surface area contributed by atoms with Gasteiger partial charge in [0.1, 0.15) is 6.54 Å². The number of rotatable bonds is 3. The molecule has 26 heavy (non-hydrogen) atoms. The molecule has 1 fully saturated rings. The van der Waals surface area contributed by atoms with Crippen LogP contribution in [0.3, 0.4) is 0 Å². The van der Waals surface area contributed by atoms with E-state index in [4.69, 9.17) is 4.74 Å². The van der Waals surface area contributed by atoms with Gasteiger partial charge < -0.3 is 14.7 Å². The number of aliphatic imine (C=N–C) groups is 1. The van der Waals surface area contributed by atoms with E-state index in [1.165, 1.54) is 0 Å². The van der Waals surface area contributed by atoms with Crippen molar-refractivity contribution in [2.24, 2.45) is 4.99 Å². The SMILES string of the molecule is O=C(Cn1c(O)c(/C=C2/C=Nc3ccccc32)sc1=O)N1CCOCC1. The summed E-state index contributed by atoms with van der Waals surface area (Å²) in [6.07, 6.45) is 3.43. The number of thiazole rings is 1. The molecule has 8 heteroatoms. The average Bonchev–Trinajstić information content (AvgIpc) is 3.19. The number of aromatic nitrogens is 1. The summed E-state index contributed by atoms with van der Waals surface area (Å²) < 4.78 is 6.34. The number of fused-ring (bicyclic) bond motifs is 1. The summed E-state index contributed by atoms with van der Waals surface area (Å²) in [4.78, 5) is 30.6. The van der Waals surface area contributed by atoms with E-state index in [1.54, 1.807) is 17.2 Å². The number of ether oxygens (including phenoxy) is 1. The van der Waals surface area contributed by atoms with Gasteiger partial charge in [-0.3, -0.25) is 19.1 Å². The Kier molecular flexibility index (Phi) is 4.44. The van der Waals surface area contributed by atoms with Gasteiger partial charge in [-0.15, -0.1) is 0 Å². The third-order valence-corrected chi connectivity index (χ3v) is 5.31. The lowest BCUT2D eigenvalue weighted by molar-refractivity contribution is -0.136. The van der Waals surface area contributed by atoms with Crippen LogP contribution in [-0.4, -0.2) is 53.0 Å². The number of benzene rings is 1. The quantitative estimate of drug-likeness (QED) is 0.891. The van der Waals surface area contributed by atoms with Crippen molar-refractivity contribution in [1.82, 2.24) is 9.47 Å². The maximum atomic E-state index is 12.4. The highest BCUT2D eigenvalue weighted by molar-refractivity contribution is 7.10. The lowest BCUT2D eigenvalue weighted by Gasteiger charge is -2.26. The zero-order valence-electron chi connectivity index (χ0n) is 13.9. The first kappa shape index (κ1) is 16.7.